The van der Waals surface area contributed by atoms with Crippen molar-refractivity contribution in [2.24, 2.45) is 0 Å². The first-order chi connectivity index (χ1) is 7.49. The highest BCUT2D eigenvalue weighted by atomic mass is 16.5. The van der Waals surface area contributed by atoms with Crippen molar-refractivity contribution in [3.63, 3.8) is 0 Å². The van der Waals surface area contributed by atoms with Crippen LogP contribution in [0.2, 0.25) is 0 Å². The van der Waals surface area contributed by atoms with E-state index in [1.807, 2.05) is 19.1 Å². The molecule has 0 spiro atoms. The molecule has 0 saturated heterocycles. The number of carbonyl (C=O) groups excluding carboxylic acids is 2. The molecule has 0 N–H and O–H groups in total. The molecule has 1 unspecified atom stereocenters. The van der Waals surface area contributed by atoms with Crippen LogP contribution >= 0.6 is 0 Å². The highest BCUT2D eigenvalue weighted by Gasteiger charge is 2.07. The van der Waals surface area contributed by atoms with Crippen molar-refractivity contribution in [3.8, 4) is 0 Å². The molecular weight excluding hydrogens is 204 g/mol. The average molecular weight is 220 g/mol. The van der Waals surface area contributed by atoms with Crippen molar-refractivity contribution in [1.82, 2.24) is 0 Å². The number of ketones is 1. The molecule has 16 heavy (non-hydrogen) atoms. The van der Waals surface area contributed by atoms with Crippen LogP contribution in [0.4, 0.5) is 0 Å². The second-order valence-corrected chi connectivity index (χ2v) is 3.88. The zero-order chi connectivity index (χ0) is 12.1. The van der Waals surface area contributed by atoms with Crippen LogP contribution in [0.15, 0.2) is 24.3 Å². The van der Waals surface area contributed by atoms with Crippen LogP contribution in [0.5, 0.6) is 0 Å². The summed E-state index contributed by atoms with van der Waals surface area (Å²) < 4.78 is 5.03. The minimum atomic E-state index is -0.271. The third kappa shape index (κ3) is 3.85. The first-order valence-electron chi connectivity index (χ1n) is 5.26. The van der Waals surface area contributed by atoms with E-state index in [9.17, 15) is 9.59 Å². The molecule has 0 amide bonds. The van der Waals surface area contributed by atoms with Gasteiger partial charge in [0.05, 0.1) is 0 Å². The second kappa shape index (κ2) is 5.45. The van der Waals surface area contributed by atoms with Crippen molar-refractivity contribution < 1.29 is 14.3 Å². The molecule has 3 heteroatoms. The van der Waals surface area contributed by atoms with E-state index < -0.39 is 0 Å². The highest BCUT2D eigenvalue weighted by Crippen LogP contribution is 2.09. The Balaban J connectivity index is 2.61. The van der Waals surface area contributed by atoms with Gasteiger partial charge < -0.3 is 4.74 Å². The maximum atomic E-state index is 11.1. The number of benzene rings is 1. The maximum absolute atomic E-state index is 11.1. The Bertz CT molecular complexity index is 379. The SMILES string of the molecule is CC(=O)OC(C)Cc1ccc(C(C)=O)cc1. The standard InChI is InChI=1S/C13H16O3/c1-9(16-11(3)15)8-12-4-6-13(7-5-12)10(2)14/h4-7,9H,8H2,1-3H3. The van der Waals surface area contributed by atoms with E-state index in [0.717, 1.165) is 5.56 Å². The summed E-state index contributed by atoms with van der Waals surface area (Å²) in [5.41, 5.74) is 1.75. The van der Waals surface area contributed by atoms with Gasteiger partial charge in [-0.05, 0) is 19.4 Å². The Morgan fingerprint density at radius 3 is 2.19 bits per heavy atom. The molecule has 1 atom stereocenters. The van der Waals surface area contributed by atoms with Crippen LogP contribution in [-0.4, -0.2) is 17.9 Å². The Hall–Kier alpha value is -1.64. The fourth-order valence-electron chi connectivity index (χ4n) is 1.53. The zero-order valence-electron chi connectivity index (χ0n) is 9.82. The van der Waals surface area contributed by atoms with E-state index in [-0.39, 0.29) is 17.9 Å². The second-order valence-electron chi connectivity index (χ2n) is 3.88. The van der Waals surface area contributed by atoms with Crippen LogP contribution in [0, 0.1) is 0 Å². The van der Waals surface area contributed by atoms with Crippen molar-refractivity contribution in [3.05, 3.63) is 35.4 Å². The summed E-state index contributed by atoms with van der Waals surface area (Å²) in [5, 5.41) is 0. The monoisotopic (exact) mass is 220 g/mol. The van der Waals surface area contributed by atoms with Gasteiger partial charge in [-0.15, -0.1) is 0 Å². The predicted molar refractivity (Wildman–Crippen MR) is 61.4 cm³/mol. The van der Waals surface area contributed by atoms with Gasteiger partial charge in [0.15, 0.2) is 5.78 Å². The molecule has 0 heterocycles. The number of rotatable bonds is 4. The van der Waals surface area contributed by atoms with E-state index in [1.54, 1.807) is 12.1 Å². The number of esters is 1. The van der Waals surface area contributed by atoms with E-state index in [4.69, 9.17) is 4.74 Å². The lowest BCUT2D eigenvalue weighted by molar-refractivity contribution is -0.145. The third-order valence-electron chi connectivity index (χ3n) is 2.25. The number of hydrogen-bond donors (Lipinski definition) is 0. The molecule has 0 aromatic heterocycles. The van der Waals surface area contributed by atoms with Gasteiger partial charge in [-0.25, -0.2) is 0 Å². The molecule has 0 radical (unpaired) electrons. The molecule has 0 aliphatic rings. The van der Waals surface area contributed by atoms with Crippen molar-refractivity contribution in [2.75, 3.05) is 0 Å². The fourth-order valence-corrected chi connectivity index (χ4v) is 1.53. The van der Waals surface area contributed by atoms with Gasteiger partial charge >= 0.3 is 5.97 Å². The minimum Gasteiger partial charge on any atom is -0.463 e. The average Bonchev–Trinajstić information content (AvgIpc) is 2.16. The Morgan fingerprint density at radius 2 is 1.75 bits per heavy atom. The number of Topliss-reactive ketones (excluding diaryl/α,β-unsaturated/α-hetero) is 1. The summed E-state index contributed by atoms with van der Waals surface area (Å²) >= 11 is 0. The molecule has 1 rings (SSSR count). The molecule has 0 fully saturated rings. The third-order valence-corrected chi connectivity index (χ3v) is 2.25. The van der Waals surface area contributed by atoms with Crippen LogP contribution in [-0.2, 0) is 16.0 Å². The van der Waals surface area contributed by atoms with Gasteiger partial charge in [-0.2, -0.15) is 0 Å². The van der Waals surface area contributed by atoms with Crippen molar-refractivity contribution in [2.45, 2.75) is 33.3 Å². The Morgan fingerprint density at radius 1 is 1.19 bits per heavy atom. The van der Waals surface area contributed by atoms with Crippen LogP contribution in [0.3, 0.4) is 0 Å². The molecule has 3 nitrogen and oxygen atoms in total. The van der Waals surface area contributed by atoms with E-state index in [1.165, 1.54) is 13.8 Å². The number of ether oxygens (including phenoxy) is 1. The molecule has 1 aromatic rings. The largest absolute Gasteiger partial charge is 0.463 e. The van der Waals surface area contributed by atoms with E-state index >= 15 is 0 Å². The molecule has 1 aromatic carbocycles. The smallest absolute Gasteiger partial charge is 0.302 e. The van der Waals surface area contributed by atoms with Crippen molar-refractivity contribution in [1.29, 1.82) is 0 Å². The summed E-state index contributed by atoms with van der Waals surface area (Å²) in [6.07, 6.45) is 0.526. The van der Waals surface area contributed by atoms with Crippen molar-refractivity contribution >= 4 is 11.8 Å². The van der Waals surface area contributed by atoms with Gasteiger partial charge in [-0.3, -0.25) is 9.59 Å². The quantitative estimate of drug-likeness (QED) is 0.578. The summed E-state index contributed by atoms with van der Waals surface area (Å²) in [4.78, 5) is 21.8. The van der Waals surface area contributed by atoms with Gasteiger partial charge in [0.2, 0.25) is 0 Å². The van der Waals surface area contributed by atoms with Gasteiger partial charge in [0.1, 0.15) is 6.10 Å². The summed E-state index contributed by atoms with van der Waals surface area (Å²) in [5.74, 6) is -0.215. The Labute approximate surface area is 95.4 Å². The lowest BCUT2D eigenvalue weighted by Gasteiger charge is -2.11. The summed E-state index contributed by atoms with van der Waals surface area (Å²) in [6, 6.07) is 7.35. The predicted octanol–water partition coefficient (Wildman–Crippen LogP) is 2.38. The molecular formula is C13H16O3. The molecule has 0 bridgehead atoms. The highest BCUT2D eigenvalue weighted by molar-refractivity contribution is 5.93. The van der Waals surface area contributed by atoms with Gasteiger partial charge in [-0.1, -0.05) is 24.3 Å². The van der Waals surface area contributed by atoms with Crippen LogP contribution in [0.1, 0.15) is 36.7 Å². The van der Waals surface area contributed by atoms with Gasteiger partial charge in [0, 0.05) is 18.9 Å². The fraction of sp³-hybridized carbons (Fsp3) is 0.385. The first-order valence-corrected chi connectivity index (χ1v) is 5.26. The van der Waals surface area contributed by atoms with Crippen LogP contribution in [0.25, 0.3) is 0 Å². The topological polar surface area (TPSA) is 43.4 Å². The Kier molecular flexibility index (Phi) is 4.23. The molecule has 86 valence electrons. The van der Waals surface area contributed by atoms with E-state index in [0.29, 0.717) is 12.0 Å². The minimum absolute atomic E-state index is 0.0552. The first kappa shape index (κ1) is 12.4. The summed E-state index contributed by atoms with van der Waals surface area (Å²) in [7, 11) is 0. The molecule has 0 aliphatic carbocycles. The number of carbonyl (C=O) groups is 2. The lowest BCUT2D eigenvalue weighted by Crippen LogP contribution is -2.14. The van der Waals surface area contributed by atoms with E-state index in [2.05, 4.69) is 0 Å². The zero-order valence-corrected chi connectivity index (χ0v) is 9.82. The summed E-state index contributed by atoms with van der Waals surface area (Å²) in [6.45, 7) is 4.78. The van der Waals surface area contributed by atoms with Gasteiger partial charge in [0.25, 0.3) is 0 Å². The lowest BCUT2D eigenvalue weighted by atomic mass is 10.0. The molecule has 0 aliphatic heterocycles. The maximum Gasteiger partial charge on any atom is 0.302 e. The molecule has 0 saturated carbocycles. The number of hydrogen-bond acceptors (Lipinski definition) is 3. The van der Waals surface area contributed by atoms with Crippen LogP contribution < -0.4 is 0 Å². The normalized spacial score (nSPS) is 11.9.